The molecular formula is C16H32N2. The van der Waals surface area contributed by atoms with Gasteiger partial charge in [0.1, 0.15) is 0 Å². The zero-order valence-corrected chi connectivity index (χ0v) is 12.5. The van der Waals surface area contributed by atoms with Crippen LogP contribution >= 0.6 is 0 Å². The van der Waals surface area contributed by atoms with Gasteiger partial charge in [-0.05, 0) is 57.5 Å². The Balaban J connectivity index is 1.69. The average Bonchev–Trinajstić information content (AvgIpc) is 2.98. The van der Waals surface area contributed by atoms with Crippen LogP contribution in [0.2, 0.25) is 0 Å². The van der Waals surface area contributed by atoms with Crippen LogP contribution in [0.3, 0.4) is 0 Å². The van der Waals surface area contributed by atoms with Crippen LogP contribution in [0, 0.1) is 11.8 Å². The van der Waals surface area contributed by atoms with Crippen molar-refractivity contribution in [1.82, 2.24) is 10.2 Å². The molecule has 0 saturated heterocycles. The fraction of sp³-hybridized carbons (Fsp3) is 1.00. The third kappa shape index (κ3) is 4.24. The normalized spacial score (nSPS) is 29.5. The molecule has 2 aliphatic carbocycles. The predicted octanol–water partition coefficient (Wildman–Crippen LogP) is 3.28. The quantitative estimate of drug-likeness (QED) is 0.748. The second-order valence-corrected chi connectivity index (χ2v) is 6.62. The van der Waals surface area contributed by atoms with Crippen molar-refractivity contribution in [2.75, 3.05) is 26.7 Å². The molecule has 0 aromatic carbocycles. The maximum atomic E-state index is 3.75. The van der Waals surface area contributed by atoms with Crippen LogP contribution in [-0.2, 0) is 0 Å². The molecule has 0 bridgehead atoms. The average molecular weight is 252 g/mol. The minimum absolute atomic E-state index is 0.802. The third-order valence-corrected chi connectivity index (χ3v) is 4.91. The van der Waals surface area contributed by atoms with Gasteiger partial charge in [-0.1, -0.05) is 26.2 Å². The Kier molecular flexibility index (Phi) is 5.97. The van der Waals surface area contributed by atoms with E-state index in [1.54, 1.807) is 0 Å². The summed E-state index contributed by atoms with van der Waals surface area (Å²) in [6.45, 7) is 6.13. The van der Waals surface area contributed by atoms with Crippen LogP contribution in [-0.4, -0.2) is 37.6 Å². The Hall–Kier alpha value is -0.0800. The molecule has 2 unspecified atom stereocenters. The number of hydrogen-bond donors (Lipinski definition) is 1. The molecule has 2 nitrogen and oxygen atoms in total. The number of hydrogen-bond acceptors (Lipinski definition) is 2. The van der Waals surface area contributed by atoms with Crippen molar-refractivity contribution in [2.45, 2.75) is 64.3 Å². The SMILES string of the molecule is CCCNC1CCCC1CN(C)CC1CCCC1. The van der Waals surface area contributed by atoms with Crippen molar-refractivity contribution in [3.63, 3.8) is 0 Å². The van der Waals surface area contributed by atoms with Gasteiger partial charge in [0.05, 0.1) is 0 Å². The first-order valence-corrected chi connectivity index (χ1v) is 8.21. The van der Waals surface area contributed by atoms with E-state index in [2.05, 4.69) is 24.2 Å². The third-order valence-electron chi connectivity index (χ3n) is 4.91. The summed E-state index contributed by atoms with van der Waals surface area (Å²) in [4.78, 5) is 2.62. The van der Waals surface area contributed by atoms with E-state index in [1.165, 1.54) is 71.0 Å². The van der Waals surface area contributed by atoms with Gasteiger partial charge in [-0.3, -0.25) is 0 Å². The molecule has 2 heteroatoms. The topological polar surface area (TPSA) is 15.3 Å². The first-order chi connectivity index (χ1) is 8.79. The van der Waals surface area contributed by atoms with Crippen LogP contribution in [0.1, 0.15) is 58.3 Å². The van der Waals surface area contributed by atoms with E-state index in [-0.39, 0.29) is 0 Å². The monoisotopic (exact) mass is 252 g/mol. The molecule has 2 rings (SSSR count). The van der Waals surface area contributed by atoms with Crippen LogP contribution < -0.4 is 5.32 Å². The molecule has 2 saturated carbocycles. The molecule has 0 amide bonds. The summed E-state index contributed by atoms with van der Waals surface area (Å²) >= 11 is 0. The zero-order valence-electron chi connectivity index (χ0n) is 12.5. The molecule has 2 aliphatic rings. The maximum Gasteiger partial charge on any atom is 0.0107 e. The van der Waals surface area contributed by atoms with Gasteiger partial charge >= 0.3 is 0 Å². The summed E-state index contributed by atoms with van der Waals surface area (Å²) in [5, 5.41) is 3.75. The molecule has 2 fully saturated rings. The van der Waals surface area contributed by atoms with Crippen molar-refractivity contribution < 1.29 is 0 Å². The summed E-state index contributed by atoms with van der Waals surface area (Å²) < 4.78 is 0. The Morgan fingerprint density at radius 1 is 1.00 bits per heavy atom. The highest BCUT2D eigenvalue weighted by atomic mass is 15.1. The van der Waals surface area contributed by atoms with Gasteiger partial charge in [0.25, 0.3) is 0 Å². The Bertz CT molecular complexity index is 223. The minimum atomic E-state index is 0.802. The van der Waals surface area contributed by atoms with Gasteiger partial charge in [-0.2, -0.15) is 0 Å². The molecule has 0 aromatic heterocycles. The smallest absolute Gasteiger partial charge is 0.0107 e. The fourth-order valence-electron chi connectivity index (χ4n) is 3.96. The zero-order chi connectivity index (χ0) is 12.8. The molecular weight excluding hydrogens is 220 g/mol. The van der Waals surface area contributed by atoms with Gasteiger partial charge in [0.2, 0.25) is 0 Å². The molecule has 1 N–H and O–H groups in total. The Morgan fingerprint density at radius 3 is 2.50 bits per heavy atom. The van der Waals surface area contributed by atoms with Crippen LogP contribution in [0.4, 0.5) is 0 Å². The van der Waals surface area contributed by atoms with Gasteiger partial charge in [-0.25, -0.2) is 0 Å². The lowest BCUT2D eigenvalue weighted by atomic mass is 10.0. The van der Waals surface area contributed by atoms with E-state index < -0.39 is 0 Å². The maximum absolute atomic E-state index is 3.75. The summed E-state index contributed by atoms with van der Waals surface area (Å²) in [6.07, 6.45) is 11.5. The Labute approximate surface area is 114 Å². The van der Waals surface area contributed by atoms with Crippen LogP contribution in [0.25, 0.3) is 0 Å². The number of rotatable bonds is 7. The van der Waals surface area contributed by atoms with Gasteiger partial charge in [0, 0.05) is 19.1 Å². The lowest BCUT2D eigenvalue weighted by Crippen LogP contribution is -2.39. The van der Waals surface area contributed by atoms with Crippen LogP contribution in [0.15, 0.2) is 0 Å². The van der Waals surface area contributed by atoms with Crippen LogP contribution in [0.5, 0.6) is 0 Å². The molecule has 0 aromatic rings. The summed E-state index contributed by atoms with van der Waals surface area (Å²) in [6, 6.07) is 0.802. The Morgan fingerprint density at radius 2 is 1.78 bits per heavy atom. The van der Waals surface area contributed by atoms with Gasteiger partial charge < -0.3 is 10.2 Å². The van der Waals surface area contributed by atoms with E-state index in [0.29, 0.717) is 0 Å². The molecule has 2 atom stereocenters. The van der Waals surface area contributed by atoms with Crippen molar-refractivity contribution in [2.24, 2.45) is 11.8 Å². The van der Waals surface area contributed by atoms with Crippen molar-refractivity contribution in [3.8, 4) is 0 Å². The molecule has 106 valence electrons. The summed E-state index contributed by atoms with van der Waals surface area (Å²) in [5.74, 6) is 1.90. The lowest BCUT2D eigenvalue weighted by molar-refractivity contribution is 0.221. The van der Waals surface area contributed by atoms with E-state index in [1.807, 2.05) is 0 Å². The molecule has 0 aliphatic heterocycles. The van der Waals surface area contributed by atoms with E-state index in [0.717, 1.165) is 17.9 Å². The minimum Gasteiger partial charge on any atom is -0.314 e. The first-order valence-electron chi connectivity index (χ1n) is 8.21. The van der Waals surface area contributed by atoms with E-state index in [9.17, 15) is 0 Å². The molecule has 0 spiro atoms. The predicted molar refractivity (Wildman–Crippen MR) is 78.9 cm³/mol. The highest BCUT2D eigenvalue weighted by Crippen LogP contribution is 2.28. The highest BCUT2D eigenvalue weighted by molar-refractivity contribution is 4.85. The van der Waals surface area contributed by atoms with Crippen molar-refractivity contribution in [3.05, 3.63) is 0 Å². The van der Waals surface area contributed by atoms with E-state index >= 15 is 0 Å². The second kappa shape index (κ2) is 7.49. The molecule has 18 heavy (non-hydrogen) atoms. The molecule has 0 heterocycles. The van der Waals surface area contributed by atoms with Gasteiger partial charge in [-0.15, -0.1) is 0 Å². The summed E-state index contributed by atoms with van der Waals surface area (Å²) in [5.41, 5.74) is 0. The second-order valence-electron chi connectivity index (χ2n) is 6.62. The molecule has 0 radical (unpaired) electrons. The summed E-state index contributed by atoms with van der Waals surface area (Å²) in [7, 11) is 2.34. The van der Waals surface area contributed by atoms with Crippen molar-refractivity contribution >= 4 is 0 Å². The number of nitrogens with one attached hydrogen (secondary N) is 1. The lowest BCUT2D eigenvalue weighted by Gasteiger charge is -2.28. The largest absolute Gasteiger partial charge is 0.314 e. The van der Waals surface area contributed by atoms with Crippen molar-refractivity contribution in [1.29, 1.82) is 0 Å². The standard InChI is InChI=1S/C16H32N2/c1-3-11-17-16-10-6-9-15(16)13-18(2)12-14-7-4-5-8-14/h14-17H,3-13H2,1-2H3. The number of nitrogens with zero attached hydrogens (tertiary/aromatic N) is 1. The highest BCUT2D eigenvalue weighted by Gasteiger charge is 2.28. The van der Waals surface area contributed by atoms with Gasteiger partial charge in [0.15, 0.2) is 0 Å². The first kappa shape index (κ1) is 14.3. The fourth-order valence-corrected chi connectivity index (χ4v) is 3.96. The van der Waals surface area contributed by atoms with E-state index in [4.69, 9.17) is 0 Å².